The molecular formula is C10H15NO. The van der Waals surface area contributed by atoms with Crippen LogP contribution in [0.25, 0.3) is 12.2 Å². The summed E-state index contributed by atoms with van der Waals surface area (Å²) in [4.78, 5) is 0. The first-order valence-electron chi connectivity index (χ1n) is 4.26. The van der Waals surface area contributed by atoms with Gasteiger partial charge >= 0.3 is 0 Å². The number of aliphatic hydroxyl groups is 1. The summed E-state index contributed by atoms with van der Waals surface area (Å²) in [6, 6.07) is 2.02. The highest BCUT2D eigenvalue weighted by molar-refractivity contribution is 5.27. The van der Waals surface area contributed by atoms with Crippen LogP contribution in [0.5, 0.6) is 0 Å². The van der Waals surface area contributed by atoms with Gasteiger partial charge in [0.25, 0.3) is 0 Å². The van der Waals surface area contributed by atoms with Gasteiger partial charge in [0.05, 0.1) is 0 Å². The van der Waals surface area contributed by atoms with Gasteiger partial charge in [-0.05, 0) is 24.6 Å². The summed E-state index contributed by atoms with van der Waals surface area (Å²) in [6.45, 7) is 4.14. The Hall–Kier alpha value is -1.02. The Bertz CT molecular complexity index is 348. The third-order valence-corrected chi connectivity index (χ3v) is 1.89. The molecule has 2 heteroatoms. The van der Waals surface area contributed by atoms with Crippen LogP contribution in [0.1, 0.15) is 20.3 Å². The average Bonchev–Trinajstić information content (AvgIpc) is 2.47. The SMILES string of the molecule is C/C=c1\c(=C/CC)ccn1CO. The fraction of sp³-hybridized carbons (Fsp3) is 0.400. The number of rotatable bonds is 2. The molecule has 0 atom stereocenters. The first-order chi connectivity index (χ1) is 5.83. The summed E-state index contributed by atoms with van der Waals surface area (Å²) in [7, 11) is 0. The molecule has 12 heavy (non-hydrogen) atoms. The molecule has 0 aliphatic carbocycles. The van der Waals surface area contributed by atoms with Gasteiger partial charge < -0.3 is 9.67 Å². The van der Waals surface area contributed by atoms with E-state index in [0.717, 1.165) is 11.8 Å². The Morgan fingerprint density at radius 2 is 2.33 bits per heavy atom. The van der Waals surface area contributed by atoms with E-state index in [9.17, 15) is 0 Å². The number of aromatic nitrogens is 1. The lowest BCUT2D eigenvalue weighted by atomic mass is 10.3. The van der Waals surface area contributed by atoms with Crippen LogP contribution in [-0.2, 0) is 6.73 Å². The van der Waals surface area contributed by atoms with Crippen LogP contribution < -0.4 is 10.6 Å². The minimum Gasteiger partial charge on any atom is -0.376 e. The fourth-order valence-electron chi connectivity index (χ4n) is 1.35. The van der Waals surface area contributed by atoms with Crippen LogP contribution in [0.15, 0.2) is 12.3 Å². The summed E-state index contributed by atoms with van der Waals surface area (Å²) >= 11 is 0. The molecule has 0 spiro atoms. The van der Waals surface area contributed by atoms with Gasteiger partial charge in [-0.3, -0.25) is 0 Å². The monoisotopic (exact) mass is 165 g/mol. The highest BCUT2D eigenvalue weighted by Crippen LogP contribution is 1.78. The van der Waals surface area contributed by atoms with E-state index in [-0.39, 0.29) is 6.73 Å². The van der Waals surface area contributed by atoms with Crippen molar-refractivity contribution in [2.24, 2.45) is 0 Å². The molecule has 0 saturated carbocycles. The van der Waals surface area contributed by atoms with Crippen molar-refractivity contribution in [3.63, 3.8) is 0 Å². The summed E-state index contributed by atoms with van der Waals surface area (Å²) in [5.41, 5.74) is 0. The van der Waals surface area contributed by atoms with E-state index in [4.69, 9.17) is 5.11 Å². The van der Waals surface area contributed by atoms with Crippen molar-refractivity contribution < 1.29 is 5.11 Å². The molecule has 1 heterocycles. The molecule has 2 nitrogen and oxygen atoms in total. The second-order valence-electron chi connectivity index (χ2n) is 2.67. The molecule has 0 unspecified atom stereocenters. The van der Waals surface area contributed by atoms with Crippen molar-refractivity contribution in [1.29, 1.82) is 0 Å². The number of aliphatic hydroxyl groups excluding tert-OH is 1. The van der Waals surface area contributed by atoms with Crippen LogP contribution in [0.4, 0.5) is 0 Å². The van der Waals surface area contributed by atoms with Gasteiger partial charge in [-0.25, -0.2) is 0 Å². The summed E-state index contributed by atoms with van der Waals surface area (Å²) in [6.07, 6.45) is 7.09. The second kappa shape index (κ2) is 4.12. The standard InChI is InChI=1S/C10H15NO/c1-3-5-9-6-7-11(8-12)10(9)4-2/h4-7,12H,3,8H2,1-2H3/b9-5-,10-4+. The maximum Gasteiger partial charge on any atom is 0.119 e. The molecule has 1 N–H and O–H groups in total. The molecule has 0 aromatic carbocycles. The third-order valence-electron chi connectivity index (χ3n) is 1.89. The summed E-state index contributed by atoms with van der Waals surface area (Å²) < 4.78 is 1.82. The fourth-order valence-corrected chi connectivity index (χ4v) is 1.35. The molecule has 0 amide bonds. The quantitative estimate of drug-likeness (QED) is 0.675. The predicted molar refractivity (Wildman–Crippen MR) is 50.8 cm³/mol. The predicted octanol–water partition coefficient (Wildman–Crippen LogP) is 0.429. The Morgan fingerprint density at radius 3 is 2.83 bits per heavy atom. The first kappa shape index (κ1) is 9.07. The number of nitrogens with zero attached hydrogens (tertiary/aromatic N) is 1. The van der Waals surface area contributed by atoms with E-state index in [0.29, 0.717) is 0 Å². The maximum absolute atomic E-state index is 8.96. The summed E-state index contributed by atoms with van der Waals surface area (Å²) in [5.74, 6) is 0. The Balaban J connectivity index is 3.34. The Labute approximate surface area is 72.5 Å². The van der Waals surface area contributed by atoms with E-state index in [1.54, 1.807) is 0 Å². The van der Waals surface area contributed by atoms with Gasteiger partial charge in [-0.15, -0.1) is 0 Å². The topological polar surface area (TPSA) is 25.2 Å². The van der Waals surface area contributed by atoms with Crippen molar-refractivity contribution in [2.45, 2.75) is 27.0 Å². The van der Waals surface area contributed by atoms with E-state index in [2.05, 4.69) is 13.0 Å². The normalized spacial score (nSPS) is 14.2. The first-order valence-corrected chi connectivity index (χ1v) is 4.26. The number of hydrogen-bond acceptors (Lipinski definition) is 1. The molecule has 0 radical (unpaired) electrons. The van der Waals surface area contributed by atoms with Crippen molar-refractivity contribution in [3.05, 3.63) is 22.8 Å². The van der Waals surface area contributed by atoms with Gasteiger partial charge in [0.1, 0.15) is 6.73 Å². The highest BCUT2D eigenvalue weighted by atomic mass is 16.3. The lowest BCUT2D eigenvalue weighted by Crippen LogP contribution is -2.28. The number of hydrogen-bond donors (Lipinski definition) is 1. The molecule has 0 fully saturated rings. The molecule has 0 bridgehead atoms. The zero-order valence-corrected chi connectivity index (χ0v) is 7.62. The minimum absolute atomic E-state index is 0.0528. The Kier molecular flexibility index (Phi) is 3.11. The largest absolute Gasteiger partial charge is 0.376 e. The van der Waals surface area contributed by atoms with Crippen LogP contribution in [0.3, 0.4) is 0 Å². The zero-order chi connectivity index (χ0) is 8.97. The summed E-state index contributed by atoms with van der Waals surface area (Å²) in [5, 5.41) is 11.3. The van der Waals surface area contributed by atoms with Gasteiger partial charge in [0, 0.05) is 11.5 Å². The van der Waals surface area contributed by atoms with E-state index < -0.39 is 0 Å². The average molecular weight is 165 g/mol. The van der Waals surface area contributed by atoms with Crippen LogP contribution in [0, 0.1) is 0 Å². The van der Waals surface area contributed by atoms with E-state index in [1.807, 2.05) is 29.8 Å². The maximum atomic E-state index is 8.96. The van der Waals surface area contributed by atoms with Crippen molar-refractivity contribution in [2.75, 3.05) is 0 Å². The van der Waals surface area contributed by atoms with E-state index >= 15 is 0 Å². The molecule has 0 aliphatic heterocycles. The third kappa shape index (κ3) is 1.59. The molecule has 1 aromatic rings. The van der Waals surface area contributed by atoms with E-state index in [1.165, 1.54) is 5.22 Å². The zero-order valence-electron chi connectivity index (χ0n) is 7.62. The second-order valence-corrected chi connectivity index (χ2v) is 2.67. The van der Waals surface area contributed by atoms with Gasteiger partial charge in [-0.2, -0.15) is 0 Å². The molecule has 0 saturated heterocycles. The van der Waals surface area contributed by atoms with Gasteiger partial charge in [0.15, 0.2) is 0 Å². The Morgan fingerprint density at radius 1 is 1.58 bits per heavy atom. The van der Waals surface area contributed by atoms with Crippen molar-refractivity contribution in [3.8, 4) is 0 Å². The van der Waals surface area contributed by atoms with Gasteiger partial charge in [-0.1, -0.05) is 19.1 Å². The highest BCUT2D eigenvalue weighted by Gasteiger charge is 1.90. The molecule has 0 aliphatic rings. The molecule has 66 valence electrons. The molecule has 1 aromatic heterocycles. The lowest BCUT2D eigenvalue weighted by Gasteiger charge is -1.94. The molecule has 1 rings (SSSR count). The van der Waals surface area contributed by atoms with Crippen LogP contribution in [0.2, 0.25) is 0 Å². The van der Waals surface area contributed by atoms with Crippen LogP contribution >= 0.6 is 0 Å². The van der Waals surface area contributed by atoms with Crippen molar-refractivity contribution in [1.82, 2.24) is 4.57 Å². The van der Waals surface area contributed by atoms with Gasteiger partial charge in [0.2, 0.25) is 0 Å². The smallest absolute Gasteiger partial charge is 0.119 e. The minimum atomic E-state index is 0.0528. The van der Waals surface area contributed by atoms with Crippen molar-refractivity contribution >= 4 is 12.2 Å². The van der Waals surface area contributed by atoms with Crippen LogP contribution in [-0.4, -0.2) is 9.67 Å². The lowest BCUT2D eigenvalue weighted by molar-refractivity contribution is 0.207. The molecular weight excluding hydrogens is 150 g/mol.